The standard InChI is InChI=1S/C12H13FN2O/c1-7-6-9(4-5-10(7)13)11-8(2)15-12(14-3)16-11/h4-6H,1-3H3,(H,14,15). The summed E-state index contributed by atoms with van der Waals surface area (Å²) in [6.07, 6.45) is 0. The number of rotatable bonds is 2. The van der Waals surface area contributed by atoms with E-state index in [1.54, 1.807) is 26.1 Å². The summed E-state index contributed by atoms with van der Waals surface area (Å²) in [5, 5.41) is 2.83. The summed E-state index contributed by atoms with van der Waals surface area (Å²) in [5.41, 5.74) is 2.22. The molecule has 0 amide bonds. The van der Waals surface area contributed by atoms with E-state index >= 15 is 0 Å². The van der Waals surface area contributed by atoms with Gasteiger partial charge in [-0.3, -0.25) is 0 Å². The Kier molecular flexibility index (Phi) is 2.64. The van der Waals surface area contributed by atoms with Crippen molar-refractivity contribution in [3.05, 3.63) is 35.3 Å². The van der Waals surface area contributed by atoms with Crippen molar-refractivity contribution in [1.29, 1.82) is 0 Å². The van der Waals surface area contributed by atoms with E-state index in [2.05, 4.69) is 10.3 Å². The number of aryl methyl sites for hydroxylation is 2. The van der Waals surface area contributed by atoms with Crippen LogP contribution in [0, 0.1) is 19.7 Å². The molecule has 3 nitrogen and oxygen atoms in total. The second-order valence-electron chi connectivity index (χ2n) is 3.65. The van der Waals surface area contributed by atoms with E-state index in [0.717, 1.165) is 11.3 Å². The number of halogens is 1. The Hall–Kier alpha value is -1.84. The summed E-state index contributed by atoms with van der Waals surface area (Å²) >= 11 is 0. The van der Waals surface area contributed by atoms with Gasteiger partial charge in [0.1, 0.15) is 5.82 Å². The summed E-state index contributed by atoms with van der Waals surface area (Å²) in [6, 6.07) is 5.35. The Morgan fingerprint density at radius 3 is 2.62 bits per heavy atom. The molecule has 1 heterocycles. The first-order valence-electron chi connectivity index (χ1n) is 5.03. The molecular weight excluding hydrogens is 207 g/mol. The van der Waals surface area contributed by atoms with Gasteiger partial charge in [0.2, 0.25) is 0 Å². The molecule has 0 saturated heterocycles. The van der Waals surface area contributed by atoms with Crippen LogP contribution in [-0.2, 0) is 0 Å². The van der Waals surface area contributed by atoms with Crippen LogP contribution in [0.3, 0.4) is 0 Å². The Labute approximate surface area is 93.3 Å². The minimum atomic E-state index is -0.213. The molecule has 2 aromatic rings. The number of benzene rings is 1. The maximum Gasteiger partial charge on any atom is 0.295 e. The molecule has 16 heavy (non-hydrogen) atoms. The van der Waals surface area contributed by atoms with Crippen molar-refractivity contribution in [3.63, 3.8) is 0 Å². The Balaban J connectivity index is 2.49. The van der Waals surface area contributed by atoms with E-state index in [1.165, 1.54) is 6.07 Å². The van der Waals surface area contributed by atoms with E-state index in [9.17, 15) is 4.39 Å². The van der Waals surface area contributed by atoms with Crippen LogP contribution in [0.25, 0.3) is 11.3 Å². The van der Waals surface area contributed by atoms with Gasteiger partial charge in [-0.2, -0.15) is 4.98 Å². The number of aromatic nitrogens is 1. The van der Waals surface area contributed by atoms with Crippen LogP contribution >= 0.6 is 0 Å². The van der Waals surface area contributed by atoms with Crippen molar-refractivity contribution >= 4 is 6.01 Å². The first kappa shape index (κ1) is 10.7. The summed E-state index contributed by atoms with van der Waals surface area (Å²) in [4.78, 5) is 4.19. The van der Waals surface area contributed by atoms with Crippen LogP contribution in [0.2, 0.25) is 0 Å². The molecule has 0 aliphatic carbocycles. The lowest BCUT2D eigenvalue weighted by Crippen LogP contribution is -1.85. The van der Waals surface area contributed by atoms with Crippen molar-refractivity contribution in [2.24, 2.45) is 0 Å². The zero-order valence-electron chi connectivity index (χ0n) is 9.47. The van der Waals surface area contributed by atoms with Gasteiger partial charge >= 0.3 is 0 Å². The minimum absolute atomic E-state index is 0.213. The number of hydrogen-bond acceptors (Lipinski definition) is 3. The number of nitrogens with zero attached hydrogens (tertiary/aromatic N) is 1. The first-order valence-corrected chi connectivity index (χ1v) is 5.03. The third kappa shape index (κ3) is 1.78. The Bertz CT molecular complexity index is 520. The second kappa shape index (κ2) is 3.96. The van der Waals surface area contributed by atoms with Gasteiger partial charge in [0.05, 0.1) is 5.69 Å². The van der Waals surface area contributed by atoms with Crippen LogP contribution < -0.4 is 5.32 Å². The van der Waals surface area contributed by atoms with Gasteiger partial charge in [-0.05, 0) is 37.6 Å². The van der Waals surface area contributed by atoms with Crippen LogP contribution in [-0.4, -0.2) is 12.0 Å². The van der Waals surface area contributed by atoms with E-state index in [4.69, 9.17) is 4.42 Å². The lowest BCUT2D eigenvalue weighted by molar-refractivity contribution is 0.587. The van der Waals surface area contributed by atoms with Crippen molar-refractivity contribution in [2.45, 2.75) is 13.8 Å². The summed E-state index contributed by atoms with van der Waals surface area (Å²) in [7, 11) is 1.74. The molecule has 0 atom stereocenters. The Morgan fingerprint density at radius 1 is 1.31 bits per heavy atom. The highest BCUT2D eigenvalue weighted by atomic mass is 19.1. The predicted octanol–water partition coefficient (Wildman–Crippen LogP) is 3.14. The molecule has 2 rings (SSSR count). The van der Waals surface area contributed by atoms with Crippen LogP contribution in [0.4, 0.5) is 10.4 Å². The number of oxazole rings is 1. The molecule has 1 N–H and O–H groups in total. The number of anilines is 1. The maximum atomic E-state index is 13.1. The summed E-state index contributed by atoms with van der Waals surface area (Å²) in [5.74, 6) is 0.460. The van der Waals surface area contributed by atoms with Gasteiger partial charge in [-0.25, -0.2) is 4.39 Å². The molecule has 0 aliphatic heterocycles. The van der Waals surface area contributed by atoms with Gasteiger partial charge in [0.15, 0.2) is 5.76 Å². The molecule has 0 aliphatic rings. The molecular formula is C12H13FN2O. The van der Waals surface area contributed by atoms with Crippen molar-refractivity contribution in [1.82, 2.24) is 4.98 Å². The monoisotopic (exact) mass is 220 g/mol. The zero-order chi connectivity index (χ0) is 11.7. The van der Waals surface area contributed by atoms with Gasteiger partial charge in [-0.15, -0.1) is 0 Å². The first-order chi connectivity index (χ1) is 7.61. The van der Waals surface area contributed by atoms with Gasteiger partial charge in [0, 0.05) is 12.6 Å². The minimum Gasteiger partial charge on any atom is -0.423 e. The molecule has 4 heteroatoms. The highest BCUT2D eigenvalue weighted by Gasteiger charge is 2.11. The van der Waals surface area contributed by atoms with Crippen molar-refractivity contribution in [2.75, 3.05) is 12.4 Å². The van der Waals surface area contributed by atoms with Gasteiger partial charge < -0.3 is 9.73 Å². The predicted molar refractivity (Wildman–Crippen MR) is 60.9 cm³/mol. The molecule has 84 valence electrons. The molecule has 0 saturated carbocycles. The molecule has 0 fully saturated rings. The highest BCUT2D eigenvalue weighted by Crippen LogP contribution is 2.27. The fourth-order valence-electron chi connectivity index (χ4n) is 1.56. The number of nitrogens with one attached hydrogen (secondary N) is 1. The average Bonchev–Trinajstić information content (AvgIpc) is 2.64. The highest BCUT2D eigenvalue weighted by molar-refractivity contribution is 5.61. The molecule has 1 aromatic carbocycles. The number of hydrogen-bond donors (Lipinski definition) is 1. The van der Waals surface area contributed by atoms with Gasteiger partial charge in [-0.1, -0.05) is 0 Å². The lowest BCUT2D eigenvalue weighted by atomic mass is 10.1. The molecule has 0 radical (unpaired) electrons. The molecule has 0 bridgehead atoms. The van der Waals surface area contributed by atoms with Crippen LogP contribution in [0.1, 0.15) is 11.3 Å². The largest absolute Gasteiger partial charge is 0.423 e. The molecule has 0 unspecified atom stereocenters. The van der Waals surface area contributed by atoms with E-state index < -0.39 is 0 Å². The SMILES string of the molecule is CNc1nc(C)c(-c2ccc(F)c(C)c2)o1. The van der Waals surface area contributed by atoms with Crippen molar-refractivity contribution in [3.8, 4) is 11.3 Å². The smallest absolute Gasteiger partial charge is 0.295 e. The van der Waals surface area contributed by atoms with E-state index in [0.29, 0.717) is 17.3 Å². The second-order valence-corrected chi connectivity index (χ2v) is 3.65. The third-order valence-corrected chi connectivity index (χ3v) is 2.43. The van der Waals surface area contributed by atoms with E-state index in [1.807, 2.05) is 6.92 Å². The summed E-state index contributed by atoms with van der Waals surface area (Å²) in [6.45, 7) is 3.59. The fourth-order valence-corrected chi connectivity index (χ4v) is 1.56. The van der Waals surface area contributed by atoms with Crippen molar-refractivity contribution < 1.29 is 8.81 Å². The van der Waals surface area contributed by atoms with E-state index in [-0.39, 0.29) is 5.82 Å². The topological polar surface area (TPSA) is 38.1 Å². The van der Waals surface area contributed by atoms with Gasteiger partial charge in [0.25, 0.3) is 6.01 Å². The third-order valence-electron chi connectivity index (χ3n) is 2.43. The quantitative estimate of drug-likeness (QED) is 0.844. The Morgan fingerprint density at radius 2 is 2.06 bits per heavy atom. The zero-order valence-corrected chi connectivity index (χ0v) is 9.47. The summed E-state index contributed by atoms with van der Waals surface area (Å²) < 4.78 is 18.6. The average molecular weight is 220 g/mol. The maximum absolute atomic E-state index is 13.1. The normalized spacial score (nSPS) is 10.5. The fraction of sp³-hybridized carbons (Fsp3) is 0.250. The van der Waals surface area contributed by atoms with Crippen LogP contribution in [0.5, 0.6) is 0 Å². The van der Waals surface area contributed by atoms with Crippen LogP contribution in [0.15, 0.2) is 22.6 Å². The molecule has 0 spiro atoms. The lowest BCUT2D eigenvalue weighted by Gasteiger charge is -2.00. The molecule has 1 aromatic heterocycles.